The standard InChI is InChI=1S/C14H24N4O3S/c1-18(22(2,20)21)10-14(19)15-13-9-12(16-17-13)11-7-5-3-4-6-8-11/h9,11H,3-8,10H2,1-2H3,(H2,15,16,17,19). The van der Waals surface area contributed by atoms with Crippen molar-refractivity contribution in [1.82, 2.24) is 14.5 Å². The van der Waals surface area contributed by atoms with E-state index in [2.05, 4.69) is 15.5 Å². The molecule has 0 aliphatic heterocycles. The van der Waals surface area contributed by atoms with Gasteiger partial charge in [0.15, 0.2) is 5.82 Å². The molecule has 124 valence electrons. The number of carbonyl (C=O) groups is 1. The first-order valence-corrected chi connectivity index (χ1v) is 9.47. The normalized spacial score (nSPS) is 17.4. The Bertz CT molecular complexity index is 603. The zero-order chi connectivity index (χ0) is 16.2. The summed E-state index contributed by atoms with van der Waals surface area (Å²) in [5.41, 5.74) is 1.05. The third-order valence-corrected chi connectivity index (χ3v) is 5.35. The van der Waals surface area contributed by atoms with Gasteiger partial charge in [0.2, 0.25) is 15.9 Å². The van der Waals surface area contributed by atoms with Crippen molar-refractivity contribution < 1.29 is 13.2 Å². The van der Waals surface area contributed by atoms with Crippen molar-refractivity contribution in [1.29, 1.82) is 0 Å². The van der Waals surface area contributed by atoms with Crippen LogP contribution in [0.4, 0.5) is 5.82 Å². The molecular weight excluding hydrogens is 304 g/mol. The van der Waals surface area contributed by atoms with Crippen molar-refractivity contribution >= 4 is 21.7 Å². The molecule has 7 nitrogen and oxygen atoms in total. The number of carbonyl (C=O) groups excluding carboxylic acids is 1. The van der Waals surface area contributed by atoms with Crippen LogP contribution in [0.3, 0.4) is 0 Å². The van der Waals surface area contributed by atoms with E-state index in [1.807, 2.05) is 6.07 Å². The van der Waals surface area contributed by atoms with Crippen molar-refractivity contribution in [2.45, 2.75) is 44.4 Å². The fourth-order valence-electron chi connectivity index (χ4n) is 2.70. The Morgan fingerprint density at radius 1 is 1.36 bits per heavy atom. The second-order valence-electron chi connectivity index (χ2n) is 5.96. The van der Waals surface area contributed by atoms with Crippen molar-refractivity contribution in [2.24, 2.45) is 0 Å². The quantitative estimate of drug-likeness (QED) is 0.804. The lowest BCUT2D eigenvalue weighted by Crippen LogP contribution is -2.34. The Kier molecular flexibility index (Phi) is 5.57. The summed E-state index contributed by atoms with van der Waals surface area (Å²) in [6.07, 6.45) is 8.38. The van der Waals surface area contributed by atoms with Crippen LogP contribution in [0.1, 0.15) is 50.1 Å². The lowest BCUT2D eigenvalue weighted by molar-refractivity contribution is -0.116. The zero-order valence-corrected chi connectivity index (χ0v) is 13.9. The maximum absolute atomic E-state index is 11.8. The van der Waals surface area contributed by atoms with Gasteiger partial charge in [0.25, 0.3) is 0 Å². The Morgan fingerprint density at radius 3 is 2.59 bits per heavy atom. The van der Waals surface area contributed by atoms with Crippen LogP contribution in [-0.2, 0) is 14.8 Å². The topological polar surface area (TPSA) is 95.2 Å². The van der Waals surface area contributed by atoms with E-state index in [0.717, 1.165) is 29.1 Å². The molecule has 0 spiro atoms. The number of aromatic amines is 1. The molecule has 2 rings (SSSR count). The third kappa shape index (κ3) is 4.81. The number of amides is 1. The smallest absolute Gasteiger partial charge is 0.240 e. The van der Waals surface area contributed by atoms with Gasteiger partial charge in [-0.1, -0.05) is 25.7 Å². The second kappa shape index (κ2) is 7.23. The first-order chi connectivity index (χ1) is 10.4. The predicted octanol–water partition coefficient (Wildman–Crippen LogP) is 1.68. The monoisotopic (exact) mass is 328 g/mol. The maximum atomic E-state index is 11.8. The van der Waals surface area contributed by atoms with Crippen LogP contribution < -0.4 is 5.32 Å². The number of nitrogens with one attached hydrogen (secondary N) is 2. The molecule has 0 bridgehead atoms. The molecule has 0 saturated heterocycles. The molecule has 0 unspecified atom stereocenters. The van der Waals surface area contributed by atoms with Crippen LogP contribution in [0.5, 0.6) is 0 Å². The molecule has 1 aromatic heterocycles. The van der Waals surface area contributed by atoms with Crippen LogP contribution in [-0.4, -0.2) is 48.7 Å². The largest absolute Gasteiger partial charge is 0.308 e. The molecule has 1 heterocycles. The van der Waals surface area contributed by atoms with Crippen molar-refractivity contribution in [3.8, 4) is 0 Å². The van der Waals surface area contributed by atoms with Crippen LogP contribution in [0, 0.1) is 0 Å². The summed E-state index contributed by atoms with van der Waals surface area (Å²) in [4.78, 5) is 11.8. The van der Waals surface area contributed by atoms with E-state index in [1.165, 1.54) is 32.7 Å². The van der Waals surface area contributed by atoms with Gasteiger partial charge in [-0.2, -0.15) is 9.40 Å². The van der Waals surface area contributed by atoms with Crippen molar-refractivity contribution in [3.05, 3.63) is 11.8 Å². The van der Waals surface area contributed by atoms with Gasteiger partial charge in [0.1, 0.15) is 0 Å². The van der Waals surface area contributed by atoms with Gasteiger partial charge in [0, 0.05) is 24.7 Å². The fraction of sp³-hybridized carbons (Fsp3) is 0.714. The first-order valence-electron chi connectivity index (χ1n) is 7.63. The average molecular weight is 328 g/mol. The van der Waals surface area contributed by atoms with E-state index in [4.69, 9.17) is 0 Å². The molecule has 0 aromatic carbocycles. The Morgan fingerprint density at radius 2 is 2.00 bits per heavy atom. The Balaban J connectivity index is 1.92. The number of rotatable bonds is 5. The molecule has 1 saturated carbocycles. The zero-order valence-electron chi connectivity index (χ0n) is 13.1. The molecular formula is C14H24N4O3S. The third-order valence-electron chi connectivity index (χ3n) is 4.09. The number of nitrogens with zero attached hydrogens (tertiary/aromatic N) is 2. The minimum absolute atomic E-state index is 0.218. The number of hydrogen-bond acceptors (Lipinski definition) is 4. The number of H-pyrrole nitrogens is 1. The van der Waals surface area contributed by atoms with Crippen LogP contribution in [0.15, 0.2) is 6.07 Å². The highest BCUT2D eigenvalue weighted by atomic mass is 32.2. The number of aromatic nitrogens is 2. The van der Waals surface area contributed by atoms with E-state index in [-0.39, 0.29) is 6.54 Å². The molecule has 0 radical (unpaired) electrons. The minimum Gasteiger partial charge on any atom is -0.308 e. The van der Waals surface area contributed by atoms with Gasteiger partial charge in [-0.25, -0.2) is 8.42 Å². The minimum atomic E-state index is -3.36. The predicted molar refractivity (Wildman–Crippen MR) is 85.1 cm³/mol. The lowest BCUT2D eigenvalue weighted by atomic mass is 9.97. The van der Waals surface area contributed by atoms with Crippen LogP contribution in [0.25, 0.3) is 0 Å². The van der Waals surface area contributed by atoms with E-state index in [0.29, 0.717) is 11.7 Å². The highest BCUT2D eigenvalue weighted by molar-refractivity contribution is 7.88. The Labute approximate surface area is 131 Å². The molecule has 1 aliphatic rings. The summed E-state index contributed by atoms with van der Waals surface area (Å²) in [7, 11) is -1.99. The van der Waals surface area contributed by atoms with Crippen LogP contribution in [0.2, 0.25) is 0 Å². The van der Waals surface area contributed by atoms with Gasteiger partial charge in [-0.3, -0.25) is 9.89 Å². The fourth-order valence-corrected chi connectivity index (χ4v) is 3.05. The summed E-state index contributed by atoms with van der Waals surface area (Å²) in [5, 5.41) is 9.73. The van der Waals surface area contributed by atoms with E-state index >= 15 is 0 Å². The molecule has 2 N–H and O–H groups in total. The second-order valence-corrected chi connectivity index (χ2v) is 8.05. The molecule has 0 atom stereocenters. The lowest BCUT2D eigenvalue weighted by Gasteiger charge is -2.12. The number of anilines is 1. The number of hydrogen-bond donors (Lipinski definition) is 2. The van der Waals surface area contributed by atoms with E-state index in [1.54, 1.807) is 0 Å². The first kappa shape index (κ1) is 17.0. The summed E-state index contributed by atoms with van der Waals surface area (Å²) in [5.74, 6) is 0.525. The summed E-state index contributed by atoms with van der Waals surface area (Å²) >= 11 is 0. The summed E-state index contributed by atoms with van der Waals surface area (Å²) in [6.45, 7) is -0.218. The van der Waals surface area contributed by atoms with Gasteiger partial charge >= 0.3 is 0 Å². The van der Waals surface area contributed by atoms with Crippen molar-refractivity contribution in [3.63, 3.8) is 0 Å². The van der Waals surface area contributed by atoms with Crippen molar-refractivity contribution in [2.75, 3.05) is 25.2 Å². The highest BCUT2D eigenvalue weighted by Crippen LogP contribution is 2.31. The molecule has 8 heteroatoms. The molecule has 1 fully saturated rings. The SMILES string of the molecule is CN(CC(=O)Nc1cc(C2CCCCCC2)[nH]n1)S(C)(=O)=O. The van der Waals surface area contributed by atoms with Crippen LogP contribution >= 0.6 is 0 Å². The van der Waals surface area contributed by atoms with Gasteiger partial charge in [0.05, 0.1) is 12.8 Å². The summed E-state index contributed by atoms with van der Waals surface area (Å²) in [6, 6.07) is 1.86. The number of sulfonamides is 1. The highest BCUT2D eigenvalue weighted by Gasteiger charge is 2.19. The number of likely N-dealkylation sites (N-methyl/N-ethyl adjacent to an activating group) is 1. The van der Waals surface area contributed by atoms with Gasteiger partial charge < -0.3 is 5.32 Å². The van der Waals surface area contributed by atoms with E-state index < -0.39 is 15.9 Å². The van der Waals surface area contributed by atoms with Gasteiger partial charge in [-0.15, -0.1) is 0 Å². The molecule has 1 amide bonds. The Hall–Kier alpha value is -1.41. The maximum Gasteiger partial charge on any atom is 0.240 e. The average Bonchev–Trinajstić information content (AvgIpc) is 2.72. The summed E-state index contributed by atoms with van der Waals surface area (Å²) < 4.78 is 23.6. The molecule has 1 aliphatic carbocycles. The molecule has 1 aromatic rings. The molecule has 22 heavy (non-hydrogen) atoms. The van der Waals surface area contributed by atoms with Gasteiger partial charge in [-0.05, 0) is 12.8 Å². The van der Waals surface area contributed by atoms with E-state index in [9.17, 15) is 13.2 Å².